The van der Waals surface area contributed by atoms with Crippen LogP contribution >= 0.6 is 0 Å². The summed E-state index contributed by atoms with van der Waals surface area (Å²) < 4.78 is 0. The minimum absolute atomic E-state index is 0.134. The third kappa shape index (κ3) is 0.906. The van der Waals surface area contributed by atoms with E-state index in [2.05, 4.69) is 5.32 Å². The van der Waals surface area contributed by atoms with E-state index in [-0.39, 0.29) is 24.0 Å². The smallest absolute Gasteiger partial charge is 0.324 e. The molecule has 0 aromatic rings. The molecule has 2 unspecified atom stereocenters. The number of urea groups is 1. The second-order valence-electron chi connectivity index (χ2n) is 3.44. The Bertz CT molecular complexity index is 239. The van der Waals surface area contributed by atoms with Crippen LogP contribution in [0.2, 0.25) is 0 Å². The van der Waals surface area contributed by atoms with Crippen molar-refractivity contribution in [3.63, 3.8) is 0 Å². The van der Waals surface area contributed by atoms with E-state index < -0.39 is 0 Å². The normalized spacial score (nSPS) is 33.4. The number of hydrogen-bond acceptors (Lipinski definition) is 2. The zero-order valence-corrected chi connectivity index (χ0v) is 7.04. The predicted molar refractivity (Wildman–Crippen MR) is 42.5 cm³/mol. The van der Waals surface area contributed by atoms with Gasteiger partial charge in [0.1, 0.15) is 0 Å². The predicted octanol–water partition coefficient (Wildman–Crippen LogP) is 0.479. The Balaban J connectivity index is 2.21. The molecule has 4 heteroatoms. The van der Waals surface area contributed by atoms with E-state index >= 15 is 0 Å². The van der Waals surface area contributed by atoms with Crippen LogP contribution in [-0.4, -0.2) is 28.9 Å². The highest BCUT2D eigenvalue weighted by Crippen LogP contribution is 2.28. The van der Waals surface area contributed by atoms with E-state index in [0.29, 0.717) is 0 Å². The van der Waals surface area contributed by atoms with Crippen molar-refractivity contribution >= 4 is 11.9 Å². The van der Waals surface area contributed by atoms with Crippen molar-refractivity contribution in [3.8, 4) is 0 Å². The number of nitrogens with one attached hydrogen (secondary N) is 1. The van der Waals surface area contributed by atoms with E-state index in [0.717, 1.165) is 19.3 Å². The Kier molecular flexibility index (Phi) is 1.56. The third-order valence-corrected chi connectivity index (χ3v) is 2.68. The standard InChI is InChI=1S/C8H12N2O2/c1-5(11)10-7-4-2-3-6(7)9-8(10)12/h6-7H,2-4H2,1H3,(H,9,12). The van der Waals surface area contributed by atoms with Gasteiger partial charge in [-0.3, -0.25) is 9.69 Å². The summed E-state index contributed by atoms with van der Waals surface area (Å²) in [5.74, 6) is -0.137. The minimum atomic E-state index is -0.211. The van der Waals surface area contributed by atoms with Crippen LogP contribution in [0.3, 0.4) is 0 Å². The molecule has 1 heterocycles. The zero-order chi connectivity index (χ0) is 8.72. The second-order valence-corrected chi connectivity index (χ2v) is 3.44. The van der Waals surface area contributed by atoms with Gasteiger partial charge in [0, 0.05) is 6.92 Å². The molecule has 2 atom stereocenters. The molecular weight excluding hydrogens is 156 g/mol. The molecule has 2 rings (SSSR count). The highest BCUT2D eigenvalue weighted by molar-refractivity contribution is 5.95. The number of carbonyl (C=O) groups is 2. The van der Waals surface area contributed by atoms with Gasteiger partial charge in [0.25, 0.3) is 0 Å². The van der Waals surface area contributed by atoms with Crippen molar-refractivity contribution in [3.05, 3.63) is 0 Å². The summed E-state index contributed by atoms with van der Waals surface area (Å²) in [6, 6.07) is 0.147. The van der Waals surface area contributed by atoms with Gasteiger partial charge < -0.3 is 5.32 Å². The summed E-state index contributed by atoms with van der Waals surface area (Å²) in [5, 5.41) is 2.81. The van der Waals surface area contributed by atoms with Gasteiger partial charge in [-0.25, -0.2) is 4.79 Å². The summed E-state index contributed by atoms with van der Waals surface area (Å²) in [7, 11) is 0. The lowest BCUT2D eigenvalue weighted by Crippen LogP contribution is -2.37. The second kappa shape index (κ2) is 2.47. The maximum absolute atomic E-state index is 11.2. The largest absolute Gasteiger partial charge is 0.333 e. The lowest BCUT2D eigenvalue weighted by atomic mass is 10.2. The quantitative estimate of drug-likeness (QED) is 0.572. The van der Waals surface area contributed by atoms with Gasteiger partial charge in [0.05, 0.1) is 12.1 Å². The van der Waals surface area contributed by atoms with Crippen molar-refractivity contribution in [2.75, 3.05) is 0 Å². The number of imide groups is 1. The molecule has 1 aliphatic carbocycles. The van der Waals surface area contributed by atoms with Crippen LogP contribution in [0.5, 0.6) is 0 Å². The van der Waals surface area contributed by atoms with Crippen LogP contribution in [0.4, 0.5) is 4.79 Å². The van der Waals surface area contributed by atoms with Crippen molar-refractivity contribution in [2.24, 2.45) is 0 Å². The first-order valence-corrected chi connectivity index (χ1v) is 4.30. The van der Waals surface area contributed by atoms with Crippen LogP contribution in [0, 0.1) is 0 Å². The summed E-state index contributed by atoms with van der Waals surface area (Å²) >= 11 is 0. The van der Waals surface area contributed by atoms with Gasteiger partial charge in [-0.05, 0) is 19.3 Å². The average molecular weight is 168 g/mol. The summed E-state index contributed by atoms with van der Waals surface area (Å²) in [6.45, 7) is 1.44. The molecule has 1 N–H and O–H groups in total. The Morgan fingerprint density at radius 2 is 2.33 bits per heavy atom. The highest BCUT2D eigenvalue weighted by Gasteiger charge is 2.43. The van der Waals surface area contributed by atoms with E-state index in [4.69, 9.17) is 0 Å². The fourth-order valence-electron chi connectivity index (χ4n) is 2.17. The van der Waals surface area contributed by atoms with E-state index in [9.17, 15) is 9.59 Å². The fraction of sp³-hybridized carbons (Fsp3) is 0.750. The molecule has 0 aromatic heterocycles. The zero-order valence-electron chi connectivity index (χ0n) is 7.04. The molecule has 4 nitrogen and oxygen atoms in total. The van der Waals surface area contributed by atoms with E-state index in [1.54, 1.807) is 0 Å². The maximum atomic E-state index is 11.2. The van der Waals surface area contributed by atoms with Gasteiger partial charge in [-0.2, -0.15) is 0 Å². The first kappa shape index (κ1) is 7.58. The lowest BCUT2D eigenvalue weighted by Gasteiger charge is -2.17. The number of carbonyl (C=O) groups excluding carboxylic acids is 2. The van der Waals surface area contributed by atoms with Gasteiger partial charge in [0.2, 0.25) is 5.91 Å². The van der Waals surface area contributed by atoms with Crippen LogP contribution < -0.4 is 5.32 Å². The first-order chi connectivity index (χ1) is 5.70. The molecular formula is C8H12N2O2. The van der Waals surface area contributed by atoms with Crippen molar-refractivity contribution < 1.29 is 9.59 Å². The molecule has 1 saturated heterocycles. The Morgan fingerprint density at radius 3 is 3.00 bits per heavy atom. The van der Waals surface area contributed by atoms with Gasteiger partial charge >= 0.3 is 6.03 Å². The summed E-state index contributed by atoms with van der Waals surface area (Å²) in [6.07, 6.45) is 3.09. The van der Waals surface area contributed by atoms with Crippen LogP contribution in [-0.2, 0) is 4.79 Å². The van der Waals surface area contributed by atoms with Crippen LogP contribution in [0.25, 0.3) is 0 Å². The molecule has 2 fully saturated rings. The fourth-order valence-corrected chi connectivity index (χ4v) is 2.17. The molecule has 12 heavy (non-hydrogen) atoms. The Hall–Kier alpha value is -1.06. The number of nitrogens with zero attached hydrogens (tertiary/aromatic N) is 1. The van der Waals surface area contributed by atoms with Gasteiger partial charge in [0.15, 0.2) is 0 Å². The van der Waals surface area contributed by atoms with Crippen LogP contribution in [0.1, 0.15) is 26.2 Å². The summed E-state index contributed by atoms with van der Waals surface area (Å²) in [5.41, 5.74) is 0. The molecule has 0 bridgehead atoms. The SMILES string of the molecule is CC(=O)N1C(=O)NC2CCCC21. The minimum Gasteiger partial charge on any atom is -0.333 e. The number of fused-ring (bicyclic) bond motifs is 1. The van der Waals surface area contributed by atoms with Crippen molar-refractivity contribution in [1.29, 1.82) is 0 Å². The molecule has 0 spiro atoms. The molecule has 3 amide bonds. The van der Waals surface area contributed by atoms with Gasteiger partial charge in [-0.1, -0.05) is 0 Å². The van der Waals surface area contributed by atoms with Gasteiger partial charge in [-0.15, -0.1) is 0 Å². The van der Waals surface area contributed by atoms with Crippen molar-refractivity contribution in [2.45, 2.75) is 38.3 Å². The number of hydrogen-bond donors (Lipinski definition) is 1. The number of rotatable bonds is 0. The Labute approximate surface area is 70.9 Å². The monoisotopic (exact) mass is 168 g/mol. The maximum Gasteiger partial charge on any atom is 0.324 e. The highest BCUT2D eigenvalue weighted by atomic mass is 16.2. The Morgan fingerprint density at radius 1 is 1.58 bits per heavy atom. The average Bonchev–Trinajstić information content (AvgIpc) is 2.44. The molecule has 0 aromatic carbocycles. The topological polar surface area (TPSA) is 49.4 Å². The molecule has 66 valence electrons. The van der Waals surface area contributed by atoms with E-state index in [1.807, 2.05) is 0 Å². The lowest BCUT2D eigenvalue weighted by molar-refractivity contribution is -0.126. The molecule has 2 aliphatic rings. The number of amides is 3. The molecule has 1 aliphatic heterocycles. The molecule has 0 radical (unpaired) electrons. The van der Waals surface area contributed by atoms with E-state index in [1.165, 1.54) is 11.8 Å². The molecule has 1 saturated carbocycles. The summed E-state index contributed by atoms with van der Waals surface area (Å²) in [4.78, 5) is 23.6. The first-order valence-electron chi connectivity index (χ1n) is 4.30. The third-order valence-electron chi connectivity index (χ3n) is 2.68. The van der Waals surface area contributed by atoms with Crippen LogP contribution in [0.15, 0.2) is 0 Å². The van der Waals surface area contributed by atoms with Crippen molar-refractivity contribution in [1.82, 2.24) is 10.2 Å².